The van der Waals surface area contributed by atoms with Crippen LogP contribution in [-0.2, 0) is 17.9 Å². The summed E-state index contributed by atoms with van der Waals surface area (Å²) in [5, 5.41) is 5.59. The summed E-state index contributed by atoms with van der Waals surface area (Å²) in [6.07, 6.45) is 3.66. The lowest BCUT2D eigenvalue weighted by Crippen LogP contribution is -2.40. The maximum Gasteiger partial charge on any atom is 0.319 e. The second-order valence-corrected chi connectivity index (χ2v) is 4.63. The number of hydrogen-bond acceptors (Lipinski definition) is 3. The number of urea groups is 1. The van der Waals surface area contributed by atoms with Crippen LogP contribution in [-0.4, -0.2) is 28.2 Å². The number of fused-ring (bicyclic) bond motifs is 1. The number of carbonyl (C=O) groups excluding carboxylic acids is 1. The van der Waals surface area contributed by atoms with Crippen molar-refractivity contribution >= 4 is 11.7 Å². The first-order valence-corrected chi connectivity index (χ1v) is 6.53. The van der Waals surface area contributed by atoms with Gasteiger partial charge in [-0.2, -0.15) is 0 Å². The third kappa shape index (κ3) is 2.97. The third-order valence-electron chi connectivity index (χ3n) is 3.17. The fourth-order valence-electron chi connectivity index (χ4n) is 2.14. The van der Waals surface area contributed by atoms with E-state index in [0.717, 1.165) is 11.5 Å². The zero-order chi connectivity index (χ0) is 13.8. The standard InChI is InChI=1S/C14H16N4O2/c19-14(17-11-4-2-1-3-5-11)16-8-12-9-18-7-6-15-13(18)10-20-12/h1-7,12H,8-10H2,(H2,16,17,19)/t12-/m0/s1. The number of ether oxygens (including phenoxy) is 1. The zero-order valence-electron chi connectivity index (χ0n) is 11.0. The number of carbonyl (C=O) groups is 1. The van der Waals surface area contributed by atoms with Gasteiger partial charge in [0.2, 0.25) is 0 Å². The molecule has 1 atom stereocenters. The summed E-state index contributed by atoms with van der Waals surface area (Å²) in [6, 6.07) is 9.11. The largest absolute Gasteiger partial charge is 0.367 e. The minimum Gasteiger partial charge on any atom is -0.367 e. The highest BCUT2D eigenvalue weighted by molar-refractivity contribution is 5.89. The predicted molar refractivity (Wildman–Crippen MR) is 74.3 cm³/mol. The molecule has 0 aliphatic carbocycles. The molecule has 2 amide bonds. The Balaban J connectivity index is 1.47. The summed E-state index contributed by atoms with van der Waals surface area (Å²) in [5.74, 6) is 0.926. The molecular formula is C14H16N4O2. The molecule has 1 aromatic carbocycles. The van der Waals surface area contributed by atoms with Gasteiger partial charge in [-0.3, -0.25) is 0 Å². The average molecular weight is 272 g/mol. The van der Waals surface area contributed by atoms with Crippen LogP contribution in [0, 0.1) is 0 Å². The first-order valence-electron chi connectivity index (χ1n) is 6.53. The Morgan fingerprint density at radius 3 is 3.10 bits per heavy atom. The van der Waals surface area contributed by atoms with Crippen molar-refractivity contribution < 1.29 is 9.53 Å². The van der Waals surface area contributed by atoms with Crippen LogP contribution in [0.1, 0.15) is 5.82 Å². The molecule has 20 heavy (non-hydrogen) atoms. The van der Waals surface area contributed by atoms with E-state index >= 15 is 0 Å². The van der Waals surface area contributed by atoms with Crippen molar-refractivity contribution in [3.8, 4) is 0 Å². The van der Waals surface area contributed by atoms with Gasteiger partial charge in [-0.15, -0.1) is 0 Å². The quantitative estimate of drug-likeness (QED) is 0.891. The molecular weight excluding hydrogens is 256 g/mol. The van der Waals surface area contributed by atoms with Crippen molar-refractivity contribution in [1.82, 2.24) is 14.9 Å². The molecule has 0 fully saturated rings. The number of amides is 2. The molecule has 2 N–H and O–H groups in total. The fraction of sp³-hybridized carbons (Fsp3) is 0.286. The van der Waals surface area contributed by atoms with E-state index in [-0.39, 0.29) is 12.1 Å². The summed E-state index contributed by atoms with van der Waals surface area (Å²) in [4.78, 5) is 15.9. The first kappa shape index (κ1) is 12.7. The van der Waals surface area contributed by atoms with Gasteiger partial charge in [0.05, 0.1) is 12.6 Å². The molecule has 2 heterocycles. The summed E-state index contributed by atoms with van der Waals surface area (Å²) < 4.78 is 7.68. The Kier molecular flexibility index (Phi) is 3.64. The molecule has 6 heteroatoms. The van der Waals surface area contributed by atoms with E-state index in [9.17, 15) is 4.79 Å². The second-order valence-electron chi connectivity index (χ2n) is 4.63. The van der Waals surface area contributed by atoms with Gasteiger partial charge in [-0.1, -0.05) is 18.2 Å². The number of anilines is 1. The maximum atomic E-state index is 11.8. The van der Waals surface area contributed by atoms with Crippen molar-refractivity contribution in [3.63, 3.8) is 0 Å². The lowest BCUT2D eigenvalue weighted by Gasteiger charge is -2.24. The molecule has 2 aromatic rings. The van der Waals surface area contributed by atoms with Crippen molar-refractivity contribution in [2.75, 3.05) is 11.9 Å². The van der Waals surface area contributed by atoms with Gasteiger partial charge in [0.25, 0.3) is 0 Å². The minimum absolute atomic E-state index is 0.0294. The molecule has 0 saturated heterocycles. The zero-order valence-corrected chi connectivity index (χ0v) is 11.0. The van der Waals surface area contributed by atoms with Crippen molar-refractivity contribution in [2.45, 2.75) is 19.3 Å². The van der Waals surface area contributed by atoms with Crippen LogP contribution >= 0.6 is 0 Å². The number of imidazole rings is 1. The number of nitrogens with zero attached hydrogens (tertiary/aromatic N) is 2. The summed E-state index contributed by atoms with van der Waals surface area (Å²) >= 11 is 0. The summed E-state index contributed by atoms with van der Waals surface area (Å²) in [7, 11) is 0. The highest BCUT2D eigenvalue weighted by Crippen LogP contribution is 2.11. The third-order valence-corrected chi connectivity index (χ3v) is 3.17. The van der Waals surface area contributed by atoms with E-state index < -0.39 is 0 Å². The van der Waals surface area contributed by atoms with Crippen molar-refractivity contribution in [2.24, 2.45) is 0 Å². The topological polar surface area (TPSA) is 68.2 Å². The van der Waals surface area contributed by atoms with Gasteiger partial charge in [0.1, 0.15) is 12.4 Å². The van der Waals surface area contributed by atoms with E-state index in [2.05, 4.69) is 15.6 Å². The van der Waals surface area contributed by atoms with Gasteiger partial charge in [0, 0.05) is 24.6 Å². The highest BCUT2D eigenvalue weighted by Gasteiger charge is 2.19. The van der Waals surface area contributed by atoms with E-state index in [1.807, 2.05) is 41.1 Å². The Morgan fingerprint density at radius 2 is 2.25 bits per heavy atom. The van der Waals surface area contributed by atoms with E-state index in [1.165, 1.54) is 0 Å². The van der Waals surface area contributed by atoms with Crippen LogP contribution in [0.5, 0.6) is 0 Å². The SMILES string of the molecule is O=C(NC[C@H]1Cn2ccnc2CO1)Nc1ccccc1. The Bertz CT molecular complexity index is 582. The highest BCUT2D eigenvalue weighted by atomic mass is 16.5. The van der Waals surface area contributed by atoms with Crippen LogP contribution in [0.3, 0.4) is 0 Å². The number of para-hydroxylation sites is 1. The van der Waals surface area contributed by atoms with Gasteiger partial charge in [0.15, 0.2) is 0 Å². The molecule has 1 aliphatic rings. The lowest BCUT2D eigenvalue weighted by molar-refractivity contribution is 0.00466. The van der Waals surface area contributed by atoms with E-state index in [4.69, 9.17) is 4.74 Å². The molecule has 3 rings (SSSR count). The van der Waals surface area contributed by atoms with Gasteiger partial charge < -0.3 is 19.9 Å². The number of nitrogens with one attached hydrogen (secondary N) is 2. The Labute approximate surface area is 116 Å². The molecule has 0 spiro atoms. The van der Waals surface area contributed by atoms with Crippen molar-refractivity contribution in [3.05, 3.63) is 48.5 Å². The predicted octanol–water partition coefficient (Wildman–Crippen LogP) is 1.60. The van der Waals surface area contributed by atoms with Crippen LogP contribution < -0.4 is 10.6 Å². The lowest BCUT2D eigenvalue weighted by atomic mass is 10.3. The van der Waals surface area contributed by atoms with Gasteiger partial charge in [-0.05, 0) is 12.1 Å². The fourth-order valence-corrected chi connectivity index (χ4v) is 2.14. The van der Waals surface area contributed by atoms with E-state index in [0.29, 0.717) is 19.7 Å². The Morgan fingerprint density at radius 1 is 1.40 bits per heavy atom. The molecule has 1 aromatic heterocycles. The monoisotopic (exact) mass is 272 g/mol. The number of rotatable bonds is 3. The molecule has 0 radical (unpaired) electrons. The number of benzene rings is 1. The van der Waals surface area contributed by atoms with Crippen LogP contribution in [0.2, 0.25) is 0 Å². The average Bonchev–Trinajstić information content (AvgIpc) is 2.93. The molecule has 0 unspecified atom stereocenters. The minimum atomic E-state index is -0.226. The Hall–Kier alpha value is -2.34. The van der Waals surface area contributed by atoms with Gasteiger partial charge >= 0.3 is 6.03 Å². The van der Waals surface area contributed by atoms with Crippen LogP contribution in [0.4, 0.5) is 10.5 Å². The number of aromatic nitrogens is 2. The smallest absolute Gasteiger partial charge is 0.319 e. The second kappa shape index (κ2) is 5.75. The van der Waals surface area contributed by atoms with Crippen LogP contribution in [0.15, 0.2) is 42.7 Å². The summed E-state index contributed by atoms with van der Waals surface area (Å²) in [5.41, 5.74) is 0.770. The van der Waals surface area contributed by atoms with Crippen LogP contribution in [0.25, 0.3) is 0 Å². The maximum absolute atomic E-state index is 11.8. The molecule has 104 valence electrons. The first-order chi connectivity index (χ1) is 9.81. The normalized spacial score (nSPS) is 17.3. The molecule has 1 aliphatic heterocycles. The van der Waals surface area contributed by atoms with Gasteiger partial charge in [-0.25, -0.2) is 9.78 Å². The summed E-state index contributed by atoms with van der Waals surface area (Å²) in [6.45, 7) is 1.66. The molecule has 0 saturated carbocycles. The van der Waals surface area contributed by atoms with E-state index in [1.54, 1.807) is 6.20 Å². The molecule has 6 nitrogen and oxygen atoms in total. The van der Waals surface area contributed by atoms with Crippen molar-refractivity contribution in [1.29, 1.82) is 0 Å². The molecule has 0 bridgehead atoms. The number of hydrogen-bond donors (Lipinski definition) is 2.